The Morgan fingerprint density at radius 3 is 2.53 bits per heavy atom. The van der Waals surface area contributed by atoms with Gasteiger partial charge in [-0.3, -0.25) is 4.68 Å². The molecule has 4 nitrogen and oxygen atoms in total. The Balaban J connectivity index is 0.00000144. The Bertz CT molecular complexity index is 453. The van der Waals surface area contributed by atoms with Gasteiger partial charge in [-0.2, -0.15) is 5.10 Å². The van der Waals surface area contributed by atoms with Crippen molar-refractivity contribution in [3.63, 3.8) is 0 Å². The third kappa shape index (κ3) is 3.67. The molecule has 1 heterocycles. The molecule has 0 aliphatic carbocycles. The van der Waals surface area contributed by atoms with Crippen LogP contribution in [0.4, 0.5) is 5.69 Å². The lowest BCUT2D eigenvalue weighted by atomic mass is 10.2. The largest absolute Gasteiger partial charge is 0.497 e. The van der Waals surface area contributed by atoms with Crippen LogP contribution in [0.1, 0.15) is 5.56 Å². The Morgan fingerprint density at radius 2 is 2.00 bits per heavy atom. The summed E-state index contributed by atoms with van der Waals surface area (Å²) in [7, 11) is 3.57. The van der Waals surface area contributed by atoms with Gasteiger partial charge in [0.2, 0.25) is 0 Å². The molecule has 1 N–H and O–H groups in total. The maximum Gasteiger partial charge on any atom is 0.118 e. The van der Waals surface area contributed by atoms with Gasteiger partial charge in [0, 0.05) is 19.8 Å². The van der Waals surface area contributed by atoms with Crippen molar-refractivity contribution in [3.05, 3.63) is 42.2 Å². The van der Waals surface area contributed by atoms with Crippen LogP contribution >= 0.6 is 12.4 Å². The first-order chi connectivity index (χ1) is 7.78. The van der Waals surface area contributed by atoms with Crippen molar-refractivity contribution in [1.29, 1.82) is 0 Å². The van der Waals surface area contributed by atoms with E-state index in [1.807, 2.05) is 43.7 Å². The molecule has 0 saturated carbocycles. The summed E-state index contributed by atoms with van der Waals surface area (Å²) < 4.78 is 6.88. The zero-order valence-corrected chi connectivity index (χ0v) is 10.7. The zero-order chi connectivity index (χ0) is 11.4. The van der Waals surface area contributed by atoms with Gasteiger partial charge >= 0.3 is 0 Å². The summed E-state index contributed by atoms with van der Waals surface area (Å²) in [6, 6.07) is 8.00. The van der Waals surface area contributed by atoms with E-state index in [4.69, 9.17) is 4.74 Å². The summed E-state index contributed by atoms with van der Waals surface area (Å²) in [5, 5.41) is 7.39. The molecule has 92 valence electrons. The van der Waals surface area contributed by atoms with Gasteiger partial charge in [-0.1, -0.05) is 12.1 Å². The molecule has 17 heavy (non-hydrogen) atoms. The first-order valence-corrected chi connectivity index (χ1v) is 5.13. The predicted octanol–water partition coefficient (Wildman–Crippen LogP) is 2.46. The fourth-order valence-electron chi connectivity index (χ4n) is 1.46. The normalized spacial score (nSPS) is 9.53. The summed E-state index contributed by atoms with van der Waals surface area (Å²) in [5.41, 5.74) is 2.24. The van der Waals surface area contributed by atoms with E-state index in [1.165, 1.54) is 5.56 Å². The summed E-state index contributed by atoms with van der Waals surface area (Å²) >= 11 is 0. The van der Waals surface area contributed by atoms with Crippen molar-refractivity contribution in [2.24, 2.45) is 7.05 Å². The second kappa shape index (κ2) is 6.15. The number of aromatic nitrogens is 2. The van der Waals surface area contributed by atoms with Crippen molar-refractivity contribution in [3.8, 4) is 5.75 Å². The van der Waals surface area contributed by atoms with Crippen molar-refractivity contribution >= 4 is 18.1 Å². The van der Waals surface area contributed by atoms with Gasteiger partial charge in [0.1, 0.15) is 5.75 Å². The highest BCUT2D eigenvalue weighted by molar-refractivity contribution is 5.85. The van der Waals surface area contributed by atoms with Crippen LogP contribution in [0, 0.1) is 0 Å². The summed E-state index contributed by atoms with van der Waals surface area (Å²) in [5.74, 6) is 0.880. The number of benzene rings is 1. The van der Waals surface area contributed by atoms with E-state index in [1.54, 1.807) is 11.8 Å². The molecular formula is C12H16ClN3O. The molecule has 0 saturated heterocycles. The number of halogens is 1. The summed E-state index contributed by atoms with van der Waals surface area (Å²) in [4.78, 5) is 0. The fourth-order valence-corrected chi connectivity index (χ4v) is 1.46. The lowest BCUT2D eigenvalue weighted by Gasteiger charge is -2.04. The van der Waals surface area contributed by atoms with E-state index < -0.39 is 0 Å². The number of rotatable bonds is 4. The number of nitrogens with zero attached hydrogens (tertiary/aromatic N) is 2. The summed E-state index contributed by atoms with van der Waals surface area (Å²) in [6.07, 6.45) is 3.76. The monoisotopic (exact) mass is 253 g/mol. The Hall–Kier alpha value is -1.68. The molecule has 5 heteroatoms. The first-order valence-electron chi connectivity index (χ1n) is 5.13. The number of hydrogen-bond donors (Lipinski definition) is 1. The van der Waals surface area contributed by atoms with Gasteiger partial charge in [0.05, 0.1) is 19.0 Å². The molecule has 0 amide bonds. The van der Waals surface area contributed by atoms with E-state index in [2.05, 4.69) is 10.4 Å². The number of methoxy groups -OCH3 is 1. The highest BCUT2D eigenvalue weighted by Crippen LogP contribution is 2.12. The quantitative estimate of drug-likeness (QED) is 0.910. The molecule has 0 radical (unpaired) electrons. The fraction of sp³-hybridized carbons (Fsp3) is 0.250. The number of nitrogens with one attached hydrogen (secondary N) is 1. The molecule has 0 spiro atoms. The van der Waals surface area contributed by atoms with Crippen molar-refractivity contribution in [2.45, 2.75) is 6.54 Å². The van der Waals surface area contributed by atoms with E-state index >= 15 is 0 Å². The van der Waals surface area contributed by atoms with Crippen LogP contribution in [0.15, 0.2) is 36.7 Å². The van der Waals surface area contributed by atoms with E-state index in [0.717, 1.165) is 18.0 Å². The molecule has 2 rings (SSSR count). The minimum atomic E-state index is 0. The van der Waals surface area contributed by atoms with Gasteiger partial charge in [0.15, 0.2) is 0 Å². The average molecular weight is 254 g/mol. The predicted molar refractivity (Wildman–Crippen MR) is 70.8 cm³/mol. The SMILES string of the molecule is COc1ccc(CNc2cnn(C)c2)cc1.Cl. The molecule has 0 unspecified atom stereocenters. The lowest BCUT2D eigenvalue weighted by Crippen LogP contribution is -1.98. The third-order valence-electron chi connectivity index (χ3n) is 2.36. The maximum atomic E-state index is 5.10. The van der Waals surface area contributed by atoms with Crippen LogP contribution in [0.25, 0.3) is 0 Å². The Kier molecular flexibility index (Phi) is 4.84. The van der Waals surface area contributed by atoms with Crippen LogP contribution in [0.3, 0.4) is 0 Å². The van der Waals surface area contributed by atoms with Gasteiger partial charge < -0.3 is 10.1 Å². The van der Waals surface area contributed by atoms with Crippen molar-refractivity contribution in [1.82, 2.24) is 9.78 Å². The Morgan fingerprint density at radius 1 is 1.29 bits per heavy atom. The van der Waals surface area contributed by atoms with Crippen molar-refractivity contribution < 1.29 is 4.74 Å². The molecule has 0 aliphatic rings. The second-order valence-electron chi connectivity index (χ2n) is 3.60. The topological polar surface area (TPSA) is 39.1 Å². The molecule has 0 fully saturated rings. The van der Waals surface area contributed by atoms with Crippen molar-refractivity contribution in [2.75, 3.05) is 12.4 Å². The van der Waals surface area contributed by atoms with Gasteiger partial charge in [-0.25, -0.2) is 0 Å². The molecule has 0 aliphatic heterocycles. The molecule has 1 aromatic heterocycles. The number of ether oxygens (including phenoxy) is 1. The van der Waals surface area contributed by atoms with Crippen LogP contribution in [-0.2, 0) is 13.6 Å². The smallest absolute Gasteiger partial charge is 0.118 e. The molecule has 0 atom stereocenters. The lowest BCUT2D eigenvalue weighted by molar-refractivity contribution is 0.414. The number of anilines is 1. The number of aryl methyl sites for hydroxylation is 1. The minimum absolute atomic E-state index is 0. The zero-order valence-electron chi connectivity index (χ0n) is 9.88. The first kappa shape index (κ1) is 13.4. The van der Waals surface area contributed by atoms with Gasteiger partial charge in [-0.05, 0) is 17.7 Å². The summed E-state index contributed by atoms with van der Waals surface area (Å²) in [6.45, 7) is 0.787. The highest BCUT2D eigenvalue weighted by Gasteiger charge is 1.96. The molecule has 0 bridgehead atoms. The van der Waals surface area contributed by atoms with E-state index in [9.17, 15) is 0 Å². The minimum Gasteiger partial charge on any atom is -0.497 e. The van der Waals surface area contributed by atoms with Crippen LogP contribution in [-0.4, -0.2) is 16.9 Å². The van der Waals surface area contributed by atoms with Gasteiger partial charge in [-0.15, -0.1) is 12.4 Å². The molecular weight excluding hydrogens is 238 g/mol. The van der Waals surface area contributed by atoms with Crippen LogP contribution < -0.4 is 10.1 Å². The molecule has 1 aromatic carbocycles. The Labute approximate surface area is 107 Å². The van der Waals surface area contributed by atoms with Crippen LogP contribution in [0.5, 0.6) is 5.75 Å². The number of hydrogen-bond acceptors (Lipinski definition) is 3. The molecule has 2 aromatic rings. The average Bonchev–Trinajstić information content (AvgIpc) is 2.73. The second-order valence-corrected chi connectivity index (χ2v) is 3.60. The third-order valence-corrected chi connectivity index (χ3v) is 2.36. The van der Waals surface area contributed by atoms with E-state index in [-0.39, 0.29) is 12.4 Å². The highest BCUT2D eigenvalue weighted by atomic mass is 35.5. The van der Waals surface area contributed by atoms with Gasteiger partial charge in [0.25, 0.3) is 0 Å². The van der Waals surface area contributed by atoms with E-state index in [0.29, 0.717) is 0 Å². The van der Waals surface area contributed by atoms with Crippen LogP contribution in [0.2, 0.25) is 0 Å². The standard InChI is InChI=1S/C12H15N3O.ClH/c1-15-9-11(8-14-15)13-7-10-3-5-12(16-2)6-4-10;/h3-6,8-9,13H,7H2,1-2H3;1H. The maximum absolute atomic E-state index is 5.10.